The molecule has 0 aliphatic rings. The molecule has 1 aromatic carbocycles. The van der Waals surface area contributed by atoms with Gasteiger partial charge in [-0.05, 0) is 12.1 Å². The van der Waals surface area contributed by atoms with E-state index >= 15 is 0 Å². The molecule has 1 heterocycles. The Balaban J connectivity index is 2.16. The Morgan fingerprint density at radius 1 is 1.35 bits per heavy atom. The zero-order valence-electron chi connectivity index (χ0n) is 9.77. The van der Waals surface area contributed by atoms with Gasteiger partial charge >= 0.3 is 0 Å². The molecular formula is C12H14ClN3O. The van der Waals surface area contributed by atoms with Crippen molar-refractivity contribution in [2.75, 3.05) is 0 Å². The molecule has 0 radical (unpaired) electrons. The number of hydrogen-bond donors (Lipinski definition) is 1. The van der Waals surface area contributed by atoms with E-state index in [1.807, 2.05) is 18.2 Å². The maximum Gasteiger partial charge on any atom is 0.259 e. The van der Waals surface area contributed by atoms with Gasteiger partial charge in [-0.15, -0.1) is 0 Å². The van der Waals surface area contributed by atoms with E-state index < -0.39 is 0 Å². The molecule has 2 aromatic rings. The van der Waals surface area contributed by atoms with Gasteiger partial charge in [-0.25, -0.2) is 0 Å². The molecule has 0 aliphatic carbocycles. The van der Waals surface area contributed by atoms with Crippen LogP contribution in [0.3, 0.4) is 0 Å². The van der Waals surface area contributed by atoms with Crippen molar-refractivity contribution in [3.05, 3.63) is 35.1 Å². The second kappa shape index (κ2) is 5.29. The summed E-state index contributed by atoms with van der Waals surface area (Å²) < 4.78 is 5.18. The standard InChI is InChI=1S/C12H14ClN3O/c1-8(2)14-7-11-15-12(17-16-11)9-5-3-4-6-10(9)13/h3-6,8,14H,7H2,1-2H3. The fraction of sp³-hybridized carbons (Fsp3) is 0.333. The van der Waals surface area contributed by atoms with E-state index in [0.29, 0.717) is 29.3 Å². The minimum atomic E-state index is 0.386. The average Bonchev–Trinajstić information content (AvgIpc) is 2.75. The van der Waals surface area contributed by atoms with Crippen LogP contribution in [-0.4, -0.2) is 16.2 Å². The highest BCUT2D eigenvalue weighted by molar-refractivity contribution is 6.33. The van der Waals surface area contributed by atoms with Gasteiger partial charge in [0.2, 0.25) is 0 Å². The van der Waals surface area contributed by atoms with E-state index in [9.17, 15) is 0 Å². The number of halogens is 1. The molecule has 0 bridgehead atoms. The fourth-order valence-corrected chi connectivity index (χ4v) is 1.58. The minimum Gasteiger partial charge on any atom is -0.334 e. The first-order valence-electron chi connectivity index (χ1n) is 5.47. The third-order valence-corrected chi connectivity index (χ3v) is 2.57. The number of rotatable bonds is 4. The lowest BCUT2D eigenvalue weighted by Gasteiger charge is -2.03. The summed E-state index contributed by atoms with van der Waals surface area (Å²) in [5.74, 6) is 1.09. The zero-order chi connectivity index (χ0) is 12.3. The lowest BCUT2D eigenvalue weighted by Crippen LogP contribution is -2.22. The second-order valence-corrected chi connectivity index (χ2v) is 4.44. The SMILES string of the molecule is CC(C)NCc1noc(-c2ccccc2Cl)n1. The molecule has 5 heteroatoms. The van der Waals surface area contributed by atoms with Crippen molar-refractivity contribution in [2.45, 2.75) is 26.4 Å². The number of benzene rings is 1. The summed E-state index contributed by atoms with van der Waals surface area (Å²) in [7, 11) is 0. The predicted octanol–water partition coefficient (Wildman–Crippen LogP) is 2.89. The van der Waals surface area contributed by atoms with Gasteiger partial charge in [0.25, 0.3) is 5.89 Å². The van der Waals surface area contributed by atoms with Crippen LogP contribution in [0.1, 0.15) is 19.7 Å². The van der Waals surface area contributed by atoms with E-state index in [0.717, 1.165) is 5.56 Å². The zero-order valence-corrected chi connectivity index (χ0v) is 10.5. The average molecular weight is 252 g/mol. The van der Waals surface area contributed by atoms with E-state index in [4.69, 9.17) is 16.1 Å². The van der Waals surface area contributed by atoms with E-state index in [-0.39, 0.29) is 0 Å². The topological polar surface area (TPSA) is 51.0 Å². The number of nitrogens with zero attached hydrogens (tertiary/aromatic N) is 2. The lowest BCUT2D eigenvalue weighted by atomic mass is 10.2. The van der Waals surface area contributed by atoms with Crippen LogP contribution in [0.2, 0.25) is 5.02 Å². The Bertz CT molecular complexity index is 496. The van der Waals surface area contributed by atoms with Crippen LogP contribution in [-0.2, 0) is 6.54 Å². The second-order valence-electron chi connectivity index (χ2n) is 4.03. The van der Waals surface area contributed by atoms with Gasteiger partial charge in [0.15, 0.2) is 5.82 Å². The number of nitrogens with one attached hydrogen (secondary N) is 1. The normalized spacial score (nSPS) is 11.1. The molecule has 90 valence electrons. The summed E-state index contributed by atoms with van der Waals surface area (Å²) in [5, 5.41) is 7.73. The minimum absolute atomic E-state index is 0.386. The molecule has 0 amide bonds. The van der Waals surface area contributed by atoms with Gasteiger partial charge in [-0.1, -0.05) is 42.7 Å². The lowest BCUT2D eigenvalue weighted by molar-refractivity contribution is 0.417. The Labute approximate surface area is 105 Å². The predicted molar refractivity (Wildman–Crippen MR) is 66.7 cm³/mol. The van der Waals surface area contributed by atoms with Crippen LogP contribution in [0.25, 0.3) is 11.5 Å². The molecular weight excluding hydrogens is 238 g/mol. The van der Waals surface area contributed by atoms with Gasteiger partial charge in [-0.3, -0.25) is 0 Å². The Morgan fingerprint density at radius 2 is 2.12 bits per heavy atom. The van der Waals surface area contributed by atoms with E-state index in [2.05, 4.69) is 29.3 Å². The monoisotopic (exact) mass is 251 g/mol. The van der Waals surface area contributed by atoms with Crippen molar-refractivity contribution in [2.24, 2.45) is 0 Å². The highest BCUT2D eigenvalue weighted by Gasteiger charge is 2.11. The third-order valence-electron chi connectivity index (χ3n) is 2.24. The molecule has 1 aromatic heterocycles. The molecule has 17 heavy (non-hydrogen) atoms. The first kappa shape index (κ1) is 12.1. The highest BCUT2D eigenvalue weighted by Crippen LogP contribution is 2.25. The van der Waals surface area contributed by atoms with Crippen molar-refractivity contribution >= 4 is 11.6 Å². The molecule has 0 saturated carbocycles. The van der Waals surface area contributed by atoms with Crippen molar-refractivity contribution in [3.8, 4) is 11.5 Å². The third kappa shape index (κ3) is 3.05. The molecule has 0 spiro atoms. The summed E-state index contributed by atoms with van der Waals surface area (Å²) >= 11 is 6.05. The largest absolute Gasteiger partial charge is 0.334 e. The van der Waals surface area contributed by atoms with Crippen LogP contribution < -0.4 is 5.32 Å². The number of aromatic nitrogens is 2. The fourth-order valence-electron chi connectivity index (χ4n) is 1.37. The summed E-state index contributed by atoms with van der Waals surface area (Å²) in [4.78, 5) is 4.29. The van der Waals surface area contributed by atoms with E-state index in [1.54, 1.807) is 6.07 Å². The van der Waals surface area contributed by atoms with Crippen LogP contribution in [0, 0.1) is 0 Å². The maximum atomic E-state index is 6.05. The Hall–Kier alpha value is -1.39. The quantitative estimate of drug-likeness (QED) is 0.908. The summed E-state index contributed by atoms with van der Waals surface area (Å²) in [6.45, 7) is 4.72. The smallest absolute Gasteiger partial charge is 0.259 e. The first-order valence-corrected chi connectivity index (χ1v) is 5.85. The maximum absolute atomic E-state index is 6.05. The summed E-state index contributed by atoms with van der Waals surface area (Å²) in [6, 6.07) is 7.79. The van der Waals surface area contributed by atoms with Crippen molar-refractivity contribution in [3.63, 3.8) is 0 Å². The van der Waals surface area contributed by atoms with Crippen molar-refractivity contribution < 1.29 is 4.52 Å². The molecule has 0 aliphatic heterocycles. The molecule has 2 rings (SSSR count). The number of hydrogen-bond acceptors (Lipinski definition) is 4. The molecule has 1 N–H and O–H groups in total. The van der Waals surface area contributed by atoms with Crippen LogP contribution in [0.5, 0.6) is 0 Å². The molecule has 0 unspecified atom stereocenters. The van der Waals surface area contributed by atoms with Crippen LogP contribution in [0.4, 0.5) is 0 Å². The van der Waals surface area contributed by atoms with Gasteiger partial charge in [-0.2, -0.15) is 4.98 Å². The molecule has 4 nitrogen and oxygen atoms in total. The highest BCUT2D eigenvalue weighted by atomic mass is 35.5. The van der Waals surface area contributed by atoms with Gasteiger partial charge in [0.1, 0.15) is 0 Å². The Kier molecular flexibility index (Phi) is 3.76. The summed E-state index contributed by atoms with van der Waals surface area (Å²) in [5.41, 5.74) is 0.762. The van der Waals surface area contributed by atoms with Crippen LogP contribution in [0.15, 0.2) is 28.8 Å². The molecule has 0 saturated heterocycles. The first-order chi connectivity index (χ1) is 8.16. The van der Waals surface area contributed by atoms with Gasteiger partial charge < -0.3 is 9.84 Å². The summed E-state index contributed by atoms with van der Waals surface area (Å²) in [6.07, 6.45) is 0. The van der Waals surface area contributed by atoms with Gasteiger partial charge in [0.05, 0.1) is 17.1 Å². The van der Waals surface area contributed by atoms with Crippen molar-refractivity contribution in [1.82, 2.24) is 15.5 Å². The molecule has 0 fully saturated rings. The van der Waals surface area contributed by atoms with Gasteiger partial charge in [0, 0.05) is 6.04 Å². The van der Waals surface area contributed by atoms with Crippen molar-refractivity contribution in [1.29, 1.82) is 0 Å². The Morgan fingerprint density at radius 3 is 2.82 bits per heavy atom. The molecule has 0 atom stereocenters. The van der Waals surface area contributed by atoms with E-state index in [1.165, 1.54) is 0 Å². The van der Waals surface area contributed by atoms with Crippen LogP contribution >= 0.6 is 11.6 Å².